The minimum atomic E-state index is -3.89. The lowest BCUT2D eigenvalue weighted by molar-refractivity contribution is -0.135. The Labute approximate surface area is 180 Å². The first kappa shape index (κ1) is 24.1. The van der Waals surface area contributed by atoms with Crippen molar-refractivity contribution in [3.8, 4) is 17.4 Å². The number of hydrazone groups is 1. The molecule has 0 spiro atoms. The van der Waals surface area contributed by atoms with Gasteiger partial charge in [-0.15, -0.1) is 0 Å². The van der Waals surface area contributed by atoms with E-state index in [0.717, 1.165) is 18.7 Å². The Morgan fingerprint density at radius 2 is 1.84 bits per heavy atom. The van der Waals surface area contributed by atoms with Crippen LogP contribution >= 0.6 is 0 Å². The number of sulfone groups is 1. The number of pyridine rings is 1. The molecule has 0 radical (unpaired) electrons. The largest absolute Gasteiger partial charge is 0.461 e. The SMILES string of the molecule is CCOC(=O)/C(C)=N\Nc1ccc(Oc2ccc(S(C)(=O)=O)cn2)cc1OS(C)(=O)=O. The lowest BCUT2D eigenvalue weighted by Gasteiger charge is -2.12. The summed E-state index contributed by atoms with van der Waals surface area (Å²) >= 11 is 0. The van der Waals surface area contributed by atoms with Crippen LogP contribution in [0.15, 0.2) is 46.5 Å². The first-order valence-electron chi connectivity index (χ1n) is 8.74. The van der Waals surface area contributed by atoms with Crippen LogP contribution in [0, 0.1) is 0 Å². The molecule has 0 aliphatic heterocycles. The van der Waals surface area contributed by atoms with E-state index in [1.54, 1.807) is 6.92 Å². The number of benzene rings is 1. The van der Waals surface area contributed by atoms with Crippen LogP contribution in [0.5, 0.6) is 17.4 Å². The highest BCUT2D eigenvalue weighted by atomic mass is 32.2. The first-order chi connectivity index (χ1) is 14.4. The van der Waals surface area contributed by atoms with Gasteiger partial charge in [-0.25, -0.2) is 18.2 Å². The first-order valence-corrected chi connectivity index (χ1v) is 12.4. The third-order valence-corrected chi connectivity index (χ3v) is 5.05. The number of carbonyl (C=O) groups is 1. The predicted octanol–water partition coefficient (Wildman–Crippen LogP) is 1.97. The number of carbonyl (C=O) groups excluding carboxylic acids is 1. The highest BCUT2D eigenvalue weighted by Gasteiger charge is 2.14. The molecule has 2 rings (SSSR count). The van der Waals surface area contributed by atoms with Gasteiger partial charge in [-0.1, -0.05) is 0 Å². The molecule has 0 atom stereocenters. The smallest absolute Gasteiger partial charge is 0.354 e. The van der Waals surface area contributed by atoms with Gasteiger partial charge in [0, 0.05) is 24.6 Å². The number of hydrogen-bond acceptors (Lipinski definition) is 11. The molecule has 1 heterocycles. The van der Waals surface area contributed by atoms with Crippen molar-refractivity contribution in [2.75, 3.05) is 24.5 Å². The molecule has 0 saturated heterocycles. The minimum Gasteiger partial charge on any atom is -0.461 e. The highest BCUT2D eigenvalue weighted by Crippen LogP contribution is 2.32. The van der Waals surface area contributed by atoms with Crippen molar-refractivity contribution in [2.24, 2.45) is 5.10 Å². The van der Waals surface area contributed by atoms with Gasteiger partial charge in [0.25, 0.3) is 0 Å². The van der Waals surface area contributed by atoms with Crippen LogP contribution in [0.3, 0.4) is 0 Å². The van der Waals surface area contributed by atoms with Gasteiger partial charge < -0.3 is 13.7 Å². The van der Waals surface area contributed by atoms with Gasteiger partial charge in [0.15, 0.2) is 15.6 Å². The van der Waals surface area contributed by atoms with E-state index in [9.17, 15) is 21.6 Å². The Morgan fingerprint density at radius 1 is 1.13 bits per heavy atom. The molecule has 0 bridgehead atoms. The molecule has 13 heteroatoms. The van der Waals surface area contributed by atoms with Gasteiger partial charge in [0.2, 0.25) is 5.88 Å². The zero-order valence-corrected chi connectivity index (χ0v) is 18.8. The van der Waals surface area contributed by atoms with E-state index in [2.05, 4.69) is 15.5 Å². The lowest BCUT2D eigenvalue weighted by atomic mass is 10.3. The van der Waals surface area contributed by atoms with Crippen molar-refractivity contribution < 1.29 is 35.3 Å². The topological polar surface area (TPSA) is 150 Å². The summed E-state index contributed by atoms with van der Waals surface area (Å²) in [4.78, 5) is 15.6. The Hall–Kier alpha value is -3.19. The van der Waals surface area contributed by atoms with Crippen molar-refractivity contribution in [3.63, 3.8) is 0 Å². The summed E-state index contributed by atoms with van der Waals surface area (Å²) in [5.74, 6) is -0.540. The van der Waals surface area contributed by atoms with Gasteiger partial charge in [-0.3, -0.25) is 5.43 Å². The van der Waals surface area contributed by atoms with E-state index < -0.39 is 25.9 Å². The summed E-state index contributed by atoms with van der Waals surface area (Å²) in [5.41, 5.74) is 2.71. The Kier molecular flexibility index (Phi) is 7.57. The molecule has 0 aliphatic rings. The highest BCUT2D eigenvalue weighted by molar-refractivity contribution is 7.90. The van der Waals surface area contributed by atoms with E-state index >= 15 is 0 Å². The molecule has 31 heavy (non-hydrogen) atoms. The molecule has 2 aromatic rings. The summed E-state index contributed by atoms with van der Waals surface area (Å²) in [6, 6.07) is 6.84. The van der Waals surface area contributed by atoms with Crippen LogP contribution in [0.4, 0.5) is 5.69 Å². The second-order valence-corrected chi connectivity index (χ2v) is 9.77. The summed E-state index contributed by atoms with van der Waals surface area (Å²) in [7, 11) is -7.30. The molecule has 11 nitrogen and oxygen atoms in total. The normalized spacial score (nSPS) is 12.2. The Morgan fingerprint density at radius 3 is 2.39 bits per heavy atom. The molecule has 0 saturated carbocycles. The van der Waals surface area contributed by atoms with Crippen LogP contribution in [-0.2, 0) is 29.5 Å². The molecule has 1 aromatic heterocycles. The second-order valence-electron chi connectivity index (χ2n) is 6.18. The second kappa shape index (κ2) is 9.75. The molecule has 168 valence electrons. The van der Waals surface area contributed by atoms with Crippen molar-refractivity contribution in [1.82, 2.24) is 4.98 Å². The molecule has 0 amide bonds. The third-order valence-electron chi connectivity index (χ3n) is 3.47. The maximum atomic E-state index is 11.6. The fraction of sp³-hybridized carbons (Fsp3) is 0.278. The van der Waals surface area contributed by atoms with Crippen molar-refractivity contribution >= 4 is 37.3 Å². The fourth-order valence-corrected chi connectivity index (χ4v) is 3.11. The van der Waals surface area contributed by atoms with E-state index in [1.807, 2.05) is 0 Å². The average Bonchev–Trinajstić information content (AvgIpc) is 2.66. The summed E-state index contributed by atoms with van der Waals surface area (Å²) in [5, 5.41) is 3.86. The average molecular weight is 472 g/mol. The standard InChI is InChI=1S/C18H21N3O8S2/c1-5-27-18(22)12(2)20-21-15-8-6-13(10-16(15)29-31(4,25)26)28-17-9-7-14(11-19-17)30(3,23)24/h6-11,21H,5H2,1-4H3/b20-12-. The quantitative estimate of drug-likeness (QED) is 0.249. The zero-order chi connectivity index (χ0) is 23.2. The zero-order valence-electron chi connectivity index (χ0n) is 17.1. The molecule has 0 unspecified atom stereocenters. The van der Waals surface area contributed by atoms with Crippen LogP contribution in [-0.4, -0.2) is 52.6 Å². The number of esters is 1. The van der Waals surface area contributed by atoms with Crippen LogP contribution in [0.25, 0.3) is 0 Å². The molecule has 1 N–H and O–H groups in total. The summed E-state index contributed by atoms with van der Waals surface area (Å²) in [6.45, 7) is 3.25. The maximum absolute atomic E-state index is 11.6. The third kappa shape index (κ3) is 7.53. The lowest BCUT2D eigenvalue weighted by Crippen LogP contribution is -2.15. The van der Waals surface area contributed by atoms with Crippen LogP contribution < -0.4 is 14.3 Å². The van der Waals surface area contributed by atoms with Gasteiger partial charge in [-0.2, -0.15) is 13.5 Å². The number of nitrogens with one attached hydrogen (secondary N) is 1. The van der Waals surface area contributed by atoms with E-state index in [4.69, 9.17) is 13.7 Å². The number of rotatable bonds is 9. The van der Waals surface area contributed by atoms with E-state index in [-0.39, 0.29) is 40.3 Å². The predicted molar refractivity (Wildman–Crippen MR) is 113 cm³/mol. The molecule has 0 aliphatic carbocycles. The number of nitrogens with zero attached hydrogens (tertiary/aromatic N) is 2. The summed E-state index contributed by atoms with van der Waals surface area (Å²) < 4.78 is 61.6. The van der Waals surface area contributed by atoms with E-state index in [1.165, 1.54) is 37.3 Å². The minimum absolute atomic E-state index is 0.0163. The maximum Gasteiger partial charge on any atom is 0.354 e. The van der Waals surface area contributed by atoms with Gasteiger partial charge in [-0.05, 0) is 32.0 Å². The Balaban J connectivity index is 2.29. The van der Waals surface area contributed by atoms with Gasteiger partial charge >= 0.3 is 16.1 Å². The molecular formula is C18H21N3O8S2. The van der Waals surface area contributed by atoms with Crippen molar-refractivity contribution in [3.05, 3.63) is 36.5 Å². The van der Waals surface area contributed by atoms with Crippen LogP contribution in [0.1, 0.15) is 13.8 Å². The number of aromatic nitrogens is 1. The monoisotopic (exact) mass is 471 g/mol. The summed E-state index contributed by atoms with van der Waals surface area (Å²) in [6.07, 6.45) is 3.06. The number of ether oxygens (including phenoxy) is 2. The number of hydrogen-bond donors (Lipinski definition) is 1. The van der Waals surface area contributed by atoms with Gasteiger partial charge in [0.05, 0.1) is 17.8 Å². The Bertz CT molecular complexity index is 1190. The fourth-order valence-electron chi connectivity index (χ4n) is 2.08. The van der Waals surface area contributed by atoms with Gasteiger partial charge in [0.1, 0.15) is 17.1 Å². The van der Waals surface area contributed by atoms with E-state index in [0.29, 0.717) is 0 Å². The van der Waals surface area contributed by atoms with Crippen molar-refractivity contribution in [1.29, 1.82) is 0 Å². The van der Waals surface area contributed by atoms with Crippen molar-refractivity contribution in [2.45, 2.75) is 18.7 Å². The number of anilines is 1. The molecule has 1 aromatic carbocycles. The van der Waals surface area contributed by atoms with Crippen LogP contribution in [0.2, 0.25) is 0 Å². The molecular weight excluding hydrogens is 450 g/mol. The molecule has 0 fully saturated rings.